The van der Waals surface area contributed by atoms with Gasteiger partial charge in [-0.1, -0.05) is 23.2 Å². The number of aromatic amines is 1. The van der Waals surface area contributed by atoms with Crippen molar-refractivity contribution in [2.24, 2.45) is 0 Å². The van der Waals surface area contributed by atoms with Crippen LogP contribution in [0.3, 0.4) is 0 Å². The molecular formula is C14H14Cl2N6. The number of nitrogens with zero attached hydrogens (tertiary/aromatic N) is 3. The van der Waals surface area contributed by atoms with E-state index in [2.05, 4.69) is 30.6 Å². The van der Waals surface area contributed by atoms with Crippen LogP contribution >= 0.6 is 23.2 Å². The molecule has 0 spiro atoms. The summed E-state index contributed by atoms with van der Waals surface area (Å²) in [7, 11) is 0. The van der Waals surface area contributed by atoms with E-state index < -0.39 is 0 Å². The zero-order valence-electron chi connectivity index (χ0n) is 12.0. The summed E-state index contributed by atoms with van der Waals surface area (Å²) in [6, 6.07) is 5.46. The van der Waals surface area contributed by atoms with Gasteiger partial charge in [-0.25, -0.2) is 4.98 Å². The highest BCUT2D eigenvalue weighted by Crippen LogP contribution is 2.27. The number of nitrogens with one attached hydrogen (secondary N) is 3. The second-order valence-corrected chi connectivity index (χ2v) is 5.91. The van der Waals surface area contributed by atoms with Crippen LogP contribution < -0.4 is 10.6 Å². The molecule has 0 radical (unpaired) electrons. The summed E-state index contributed by atoms with van der Waals surface area (Å²) in [5, 5.41) is 7.34. The lowest BCUT2D eigenvalue weighted by Crippen LogP contribution is -2.12. The molecule has 0 amide bonds. The highest BCUT2D eigenvalue weighted by atomic mass is 35.5. The van der Waals surface area contributed by atoms with Gasteiger partial charge in [-0.15, -0.1) is 0 Å². The molecule has 22 heavy (non-hydrogen) atoms. The van der Waals surface area contributed by atoms with E-state index in [9.17, 15) is 0 Å². The Hall–Kier alpha value is -2.05. The molecule has 0 saturated carbocycles. The molecule has 2 heterocycles. The number of imidazole rings is 1. The topological polar surface area (TPSA) is 78.5 Å². The van der Waals surface area contributed by atoms with Crippen LogP contribution in [0.15, 0.2) is 24.4 Å². The first-order chi connectivity index (χ1) is 10.5. The fourth-order valence-corrected chi connectivity index (χ4v) is 2.37. The largest absolute Gasteiger partial charge is 0.352 e. The molecule has 0 saturated heterocycles. The van der Waals surface area contributed by atoms with Crippen molar-refractivity contribution in [3.63, 3.8) is 0 Å². The average molecular weight is 337 g/mol. The van der Waals surface area contributed by atoms with E-state index in [1.54, 1.807) is 24.4 Å². The van der Waals surface area contributed by atoms with Gasteiger partial charge in [0.05, 0.1) is 16.9 Å². The number of halogens is 2. The molecule has 3 aromatic rings. The van der Waals surface area contributed by atoms with Crippen LogP contribution in [0.25, 0.3) is 11.2 Å². The fraction of sp³-hybridized carbons (Fsp3) is 0.214. The van der Waals surface area contributed by atoms with Crippen molar-refractivity contribution in [1.82, 2.24) is 19.9 Å². The normalized spacial score (nSPS) is 11.1. The van der Waals surface area contributed by atoms with Crippen molar-refractivity contribution < 1.29 is 0 Å². The maximum Gasteiger partial charge on any atom is 0.225 e. The first kappa shape index (κ1) is 14.9. The van der Waals surface area contributed by atoms with Crippen molar-refractivity contribution >= 4 is 51.9 Å². The summed E-state index contributed by atoms with van der Waals surface area (Å²) in [6.07, 6.45) is 1.69. The number of fused-ring (bicyclic) bond motifs is 1. The monoisotopic (exact) mass is 336 g/mol. The maximum absolute atomic E-state index is 6.13. The van der Waals surface area contributed by atoms with E-state index in [0.717, 1.165) is 5.52 Å². The van der Waals surface area contributed by atoms with Crippen LogP contribution in [0, 0.1) is 0 Å². The quantitative estimate of drug-likeness (QED) is 0.664. The molecule has 8 heteroatoms. The summed E-state index contributed by atoms with van der Waals surface area (Å²) < 4.78 is 0. The van der Waals surface area contributed by atoms with E-state index in [4.69, 9.17) is 23.2 Å². The number of rotatable bonds is 4. The van der Waals surface area contributed by atoms with Crippen molar-refractivity contribution in [1.29, 1.82) is 0 Å². The lowest BCUT2D eigenvalue weighted by molar-refractivity contribution is 0.877. The lowest BCUT2D eigenvalue weighted by Gasteiger charge is -2.06. The van der Waals surface area contributed by atoms with Gasteiger partial charge < -0.3 is 15.6 Å². The van der Waals surface area contributed by atoms with Gasteiger partial charge in [-0.2, -0.15) is 9.97 Å². The number of aromatic nitrogens is 4. The van der Waals surface area contributed by atoms with E-state index in [1.807, 2.05) is 13.8 Å². The third-order valence-electron chi connectivity index (χ3n) is 2.84. The van der Waals surface area contributed by atoms with Crippen molar-refractivity contribution in [3.05, 3.63) is 34.4 Å². The van der Waals surface area contributed by atoms with Crippen molar-refractivity contribution in [3.8, 4) is 0 Å². The second kappa shape index (κ2) is 5.98. The Balaban J connectivity index is 1.88. The molecule has 1 aromatic carbocycles. The summed E-state index contributed by atoms with van der Waals surface area (Å²) in [6.45, 7) is 4.04. The molecule has 2 aromatic heterocycles. The van der Waals surface area contributed by atoms with E-state index >= 15 is 0 Å². The third kappa shape index (κ3) is 3.23. The number of hydrogen-bond donors (Lipinski definition) is 3. The maximum atomic E-state index is 6.13. The van der Waals surface area contributed by atoms with Crippen LogP contribution in [-0.4, -0.2) is 26.0 Å². The summed E-state index contributed by atoms with van der Waals surface area (Å²) >= 11 is 12.0. The minimum Gasteiger partial charge on any atom is -0.352 e. The Morgan fingerprint density at radius 1 is 1.18 bits per heavy atom. The fourth-order valence-electron chi connectivity index (χ4n) is 1.91. The van der Waals surface area contributed by atoms with E-state index in [1.165, 1.54) is 0 Å². The highest BCUT2D eigenvalue weighted by Gasteiger charge is 2.09. The summed E-state index contributed by atoms with van der Waals surface area (Å²) in [4.78, 5) is 16.1. The third-order valence-corrected chi connectivity index (χ3v) is 3.39. The Bertz CT molecular complexity index is 814. The highest BCUT2D eigenvalue weighted by molar-refractivity contribution is 6.36. The lowest BCUT2D eigenvalue weighted by atomic mass is 10.3. The molecule has 0 aliphatic carbocycles. The second-order valence-electron chi connectivity index (χ2n) is 5.06. The first-order valence-electron chi connectivity index (χ1n) is 6.72. The Morgan fingerprint density at radius 2 is 2.00 bits per heavy atom. The van der Waals surface area contributed by atoms with Crippen molar-refractivity contribution in [2.45, 2.75) is 19.9 Å². The molecule has 0 bridgehead atoms. The van der Waals surface area contributed by atoms with Crippen LogP contribution in [-0.2, 0) is 0 Å². The standard InChI is InChI=1S/C14H14Cl2N6/c1-7(2)18-13-17-6-11-12(21-13)22-14(20-11)19-10-4-3-8(15)5-9(10)16/h3-7H,1-2H3,(H3,17,18,19,20,21,22). The van der Waals surface area contributed by atoms with Crippen LogP contribution in [0.4, 0.5) is 17.6 Å². The van der Waals surface area contributed by atoms with Gasteiger partial charge in [0.2, 0.25) is 11.9 Å². The smallest absolute Gasteiger partial charge is 0.225 e. The Morgan fingerprint density at radius 3 is 2.73 bits per heavy atom. The summed E-state index contributed by atoms with van der Waals surface area (Å²) in [5.74, 6) is 1.08. The molecule has 0 aliphatic rings. The minimum absolute atomic E-state index is 0.252. The van der Waals surface area contributed by atoms with Gasteiger partial charge in [0.1, 0.15) is 5.52 Å². The van der Waals surface area contributed by atoms with Gasteiger partial charge in [0.25, 0.3) is 0 Å². The number of H-pyrrole nitrogens is 1. The zero-order valence-corrected chi connectivity index (χ0v) is 13.5. The SMILES string of the molecule is CC(C)Nc1ncc2[nH]c(Nc3ccc(Cl)cc3Cl)nc2n1. The molecule has 0 fully saturated rings. The number of anilines is 3. The van der Waals surface area contributed by atoms with E-state index in [-0.39, 0.29) is 6.04 Å². The Kier molecular flexibility index (Phi) is 4.04. The minimum atomic E-state index is 0.252. The van der Waals surface area contributed by atoms with Gasteiger partial charge in [-0.3, -0.25) is 0 Å². The van der Waals surface area contributed by atoms with Crippen LogP contribution in [0.2, 0.25) is 10.0 Å². The summed E-state index contributed by atoms with van der Waals surface area (Å²) in [5.41, 5.74) is 2.02. The van der Waals surface area contributed by atoms with Gasteiger partial charge in [0, 0.05) is 11.1 Å². The molecule has 0 unspecified atom stereocenters. The molecule has 3 rings (SSSR count). The average Bonchev–Trinajstić information content (AvgIpc) is 2.83. The van der Waals surface area contributed by atoms with Crippen molar-refractivity contribution in [2.75, 3.05) is 10.6 Å². The van der Waals surface area contributed by atoms with Gasteiger partial charge >= 0.3 is 0 Å². The molecule has 6 nitrogen and oxygen atoms in total. The molecule has 3 N–H and O–H groups in total. The predicted octanol–water partition coefficient (Wildman–Crippen LogP) is 4.22. The Labute approximate surface area is 137 Å². The van der Waals surface area contributed by atoms with E-state index in [0.29, 0.717) is 33.3 Å². The molecular weight excluding hydrogens is 323 g/mol. The van der Waals surface area contributed by atoms with Crippen LogP contribution in [0.5, 0.6) is 0 Å². The predicted molar refractivity (Wildman–Crippen MR) is 90.2 cm³/mol. The zero-order chi connectivity index (χ0) is 15.7. The molecule has 114 valence electrons. The molecule has 0 atom stereocenters. The van der Waals surface area contributed by atoms with Crippen LogP contribution in [0.1, 0.15) is 13.8 Å². The molecule has 0 aliphatic heterocycles. The first-order valence-corrected chi connectivity index (χ1v) is 7.48. The van der Waals surface area contributed by atoms with Gasteiger partial charge in [-0.05, 0) is 32.0 Å². The number of hydrogen-bond acceptors (Lipinski definition) is 5. The van der Waals surface area contributed by atoms with Gasteiger partial charge in [0.15, 0.2) is 5.65 Å². The number of benzene rings is 1.